The number of hydrogen-bond acceptors (Lipinski definition) is 1. The zero-order chi connectivity index (χ0) is 9.17. The molecule has 0 N–H and O–H groups in total. The summed E-state index contributed by atoms with van der Waals surface area (Å²) in [6.45, 7) is 0.747. The lowest BCUT2D eigenvalue weighted by atomic mass is 9.78. The van der Waals surface area contributed by atoms with Crippen LogP contribution in [0.25, 0.3) is 0 Å². The molecule has 4 aliphatic rings. The summed E-state index contributed by atoms with van der Waals surface area (Å²) >= 11 is 0. The van der Waals surface area contributed by atoms with Crippen LogP contribution in [0.4, 0.5) is 0 Å². The van der Waals surface area contributed by atoms with Gasteiger partial charge in [0.05, 0.1) is 0 Å². The molecule has 1 unspecified atom stereocenters. The van der Waals surface area contributed by atoms with Crippen molar-refractivity contribution in [3.63, 3.8) is 0 Å². The zero-order valence-corrected chi connectivity index (χ0v) is 7.79. The Labute approximate surface area is 82.8 Å². The van der Waals surface area contributed by atoms with E-state index in [9.17, 15) is 0 Å². The third-order valence-corrected chi connectivity index (χ3v) is 3.55. The van der Waals surface area contributed by atoms with Gasteiger partial charge in [0.1, 0.15) is 12.4 Å². The Morgan fingerprint density at radius 2 is 2.36 bits per heavy atom. The normalized spacial score (nSPS) is 35.4. The second kappa shape index (κ2) is 1.95. The molecular formula is C13H10O. The van der Waals surface area contributed by atoms with E-state index in [4.69, 9.17) is 4.74 Å². The summed E-state index contributed by atoms with van der Waals surface area (Å²) in [5, 5.41) is 0. The lowest BCUT2D eigenvalue weighted by Crippen LogP contribution is -2.16. The first kappa shape index (κ1) is 6.88. The molecular weight excluding hydrogens is 172 g/mol. The van der Waals surface area contributed by atoms with E-state index in [2.05, 4.69) is 36.5 Å². The summed E-state index contributed by atoms with van der Waals surface area (Å²) < 4.78 is 5.61. The fourth-order valence-electron chi connectivity index (χ4n) is 2.86. The SMILES string of the molecule is C1=CC23C=C4OCC=C4C(=CC2=C1)C3. The Bertz CT molecular complexity index is 485. The minimum atomic E-state index is 0.159. The molecule has 0 aromatic carbocycles. The van der Waals surface area contributed by atoms with Crippen molar-refractivity contribution in [3.05, 3.63) is 58.9 Å². The predicted octanol–water partition coefficient (Wildman–Crippen LogP) is 2.65. The molecule has 1 heterocycles. The van der Waals surface area contributed by atoms with Crippen LogP contribution in [0.1, 0.15) is 6.42 Å². The second-order valence-corrected chi connectivity index (χ2v) is 4.31. The van der Waals surface area contributed by atoms with Gasteiger partial charge in [-0.05, 0) is 29.7 Å². The standard InChI is InChI=1S/C13H10O/c1-2-10-6-9-7-13(10,4-1)8-12-11(9)3-5-14-12/h1-4,6,8H,5,7H2. The van der Waals surface area contributed by atoms with Gasteiger partial charge in [0.2, 0.25) is 0 Å². The van der Waals surface area contributed by atoms with Crippen molar-refractivity contribution < 1.29 is 4.74 Å². The van der Waals surface area contributed by atoms with E-state index in [0.29, 0.717) is 0 Å². The highest BCUT2D eigenvalue weighted by atomic mass is 16.5. The lowest BCUT2D eigenvalue weighted by Gasteiger charge is -2.26. The van der Waals surface area contributed by atoms with Crippen molar-refractivity contribution in [2.45, 2.75) is 6.42 Å². The molecule has 1 atom stereocenters. The number of allylic oxidation sites excluding steroid dienone is 7. The van der Waals surface area contributed by atoms with E-state index in [1.165, 1.54) is 16.7 Å². The molecule has 1 aliphatic heterocycles. The molecule has 68 valence electrons. The molecule has 0 fully saturated rings. The fraction of sp³-hybridized carbons (Fsp3) is 0.231. The summed E-state index contributed by atoms with van der Waals surface area (Å²) in [7, 11) is 0. The number of hydrogen-bond donors (Lipinski definition) is 0. The van der Waals surface area contributed by atoms with Crippen LogP contribution in [-0.2, 0) is 4.74 Å². The fourth-order valence-corrected chi connectivity index (χ4v) is 2.86. The first-order valence-electron chi connectivity index (χ1n) is 5.05. The van der Waals surface area contributed by atoms with Gasteiger partial charge in [0.15, 0.2) is 0 Å². The largest absolute Gasteiger partial charge is 0.489 e. The van der Waals surface area contributed by atoms with Gasteiger partial charge in [-0.1, -0.05) is 24.3 Å². The topological polar surface area (TPSA) is 9.23 Å². The molecule has 1 spiro atoms. The monoisotopic (exact) mass is 182 g/mol. The number of rotatable bonds is 0. The Kier molecular flexibility index (Phi) is 0.958. The molecule has 0 aromatic heterocycles. The van der Waals surface area contributed by atoms with Gasteiger partial charge in [-0.25, -0.2) is 0 Å². The van der Waals surface area contributed by atoms with Crippen LogP contribution in [-0.4, -0.2) is 6.61 Å². The number of ether oxygens (including phenoxy) is 1. The first-order chi connectivity index (χ1) is 6.87. The average Bonchev–Trinajstić information content (AvgIpc) is 2.78. The lowest BCUT2D eigenvalue weighted by molar-refractivity contribution is 0.269. The first-order valence-corrected chi connectivity index (χ1v) is 5.05. The highest BCUT2D eigenvalue weighted by molar-refractivity contribution is 5.65. The van der Waals surface area contributed by atoms with Crippen LogP contribution in [0.15, 0.2) is 58.9 Å². The molecule has 0 radical (unpaired) electrons. The van der Waals surface area contributed by atoms with Gasteiger partial charge in [-0.15, -0.1) is 0 Å². The van der Waals surface area contributed by atoms with Gasteiger partial charge < -0.3 is 4.74 Å². The van der Waals surface area contributed by atoms with Crippen LogP contribution in [0.3, 0.4) is 0 Å². The van der Waals surface area contributed by atoms with Crippen molar-refractivity contribution in [2.24, 2.45) is 5.41 Å². The Hall–Kier alpha value is -1.50. The summed E-state index contributed by atoms with van der Waals surface area (Å²) in [5.41, 5.74) is 4.38. The van der Waals surface area contributed by atoms with Crippen molar-refractivity contribution in [1.29, 1.82) is 0 Å². The maximum absolute atomic E-state index is 5.61. The van der Waals surface area contributed by atoms with Crippen molar-refractivity contribution >= 4 is 0 Å². The summed E-state index contributed by atoms with van der Waals surface area (Å²) in [6.07, 6.45) is 14.6. The zero-order valence-electron chi connectivity index (χ0n) is 7.79. The van der Waals surface area contributed by atoms with E-state index in [-0.39, 0.29) is 5.41 Å². The van der Waals surface area contributed by atoms with Crippen LogP contribution >= 0.6 is 0 Å². The van der Waals surface area contributed by atoms with E-state index in [0.717, 1.165) is 18.8 Å². The Balaban J connectivity index is 2.04. The third-order valence-electron chi connectivity index (χ3n) is 3.55. The smallest absolute Gasteiger partial charge is 0.124 e. The molecule has 1 nitrogen and oxygen atoms in total. The molecule has 0 saturated heterocycles. The Morgan fingerprint density at radius 1 is 1.36 bits per heavy atom. The Morgan fingerprint density at radius 3 is 3.36 bits per heavy atom. The molecule has 14 heavy (non-hydrogen) atoms. The maximum Gasteiger partial charge on any atom is 0.124 e. The summed E-state index contributed by atoms with van der Waals surface area (Å²) in [6, 6.07) is 0. The van der Waals surface area contributed by atoms with E-state index < -0.39 is 0 Å². The second-order valence-electron chi connectivity index (χ2n) is 4.31. The maximum atomic E-state index is 5.61. The van der Waals surface area contributed by atoms with Crippen LogP contribution in [0.2, 0.25) is 0 Å². The van der Waals surface area contributed by atoms with Crippen LogP contribution < -0.4 is 0 Å². The molecule has 0 saturated carbocycles. The molecule has 4 rings (SSSR count). The molecule has 0 amide bonds. The van der Waals surface area contributed by atoms with Gasteiger partial charge in [0.25, 0.3) is 0 Å². The van der Waals surface area contributed by atoms with Crippen molar-refractivity contribution in [3.8, 4) is 0 Å². The highest BCUT2D eigenvalue weighted by Gasteiger charge is 2.43. The van der Waals surface area contributed by atoms with Gasteiger partial charge in [0, 0.05) is 11.0 Å². The van der Waals surface area contributed by atoms with E-state index in [1.807, 2.05) is 0 Å². The van der Waals surface area contributed by atoms with E-state index >= 15 is 0 Å². The molecule has 2 bridgehead atoms. The third kappa shape index (κ3) is 0.607. The van der Waals surface area contributed by atoms with Crippen LogP contribution in [0.5, 0.6) is 0 Å². The molecule has 3 aliphatic carbocycles. The minimum Gasteiger partial charge on any atom is -0.489 e. The predicted molar refractivity (Wildman–Crippen MR) is 54.5 cm³/mol. The minimum absolute atomic E-state index is 0.159. The quantitative estimate of drug-likeness (QED) is 0.559. The average molecular weight is 182 g/mol. The van der Waals surface area contributed by atoms with Crippen molar-refractivity contribution in [1.82, 2.24) is 0 Å². The molecule has 1 heteroatoms. The molecule has 0 aromatic rings. The number of fused-ring (bicyclic) bond motifs is 3. The summed E-state index contributed by atoms with van der Waals surface area (Å²) in [5.74, 6) is 1.09. The van der Waals surface area contributed by atoms with Gasteiger partial charge in [-0.3, -0.25) is 0 Å². The van der Waals surface area contributed by atoms with Gasteiger partial charge >= 0.3 is 0 Å². The summed E-state index contributed by atoms with van der Waals surface area (Å²) in [4.78, 5) is 0. The van der Waals surface area contributed by atoms with Crippen LogP contribution in [0, 0.1) is 5.41 Å². The highest BCUT2D eigenvalue weighted by Crippen LogP contribution is 2.55. The van der Waals surface area contributed by atoms with E-state index in [1.54, 1.807) is 0 Å². The van der Waals surface area contributed by atoms with Crippen molar-refractivity contribution in [2.75, 3.05) is 6.61 Å². The van der Waals surface area contributed by atoms with Gasteiger partial charge in [-0.2, -0.15) is 0 Å².